The molecule has 1 atom stereocenters. The van der Waals surface area contributed by atoms with Crippen molar-refractivity contribution in [1.29, 1.82) is 0 Å². The molecule has 1 saturated heterocycles. The Morgan fingerprint density at radius 3 is 2.85 bits per heavy atom. The summed E-state index contributed by atoms with van der Waals surface area (Å²) in [5.41, 5.74) is 6.87. The van der Waals surface area contributed by atoms with Crippen LogP contribution in [0.3, 0.4) is 0 Å². The fourth-order valence-electron chi connectivity index (χ4n) is 2.75. The molecule has 0 radical (unpaired) electrons. The number of aliphatic hydroxyl groups is 1. The first-order valence-corrected chi connectivity index (χ1v) is 8.39. The van der Waals surface area contributed by atoms with Crippen LogP contribution in [0, 0.1) is 6.92 Å². The zero-order chi connectivity index (χ0) is 14.8. The molecule has 0 spiro atoms. The van der Waals surface area contributed by atoms with E-state index in [2.05, 4.69) is 0 Å². The van der Waals surface area contributed by atoms with Gasteiger partial charge in [0.05, 0.1) is 4.90 Å². The molecular weight excluding hydrogens is 276 g/mol. The molecule has 1 aromatic carbocycles. The first-order chi connectivity index (χ1) is 9.46. The second-order valence-electron chi connectivity index (χ2n) is 5.30. The van der Waals surface area contributed by atoms with E-state index in [1.807, 2.05) is 0 Å². The molecule has 1 aliphatic rings. The number of sulfonamides is 1. The maximum Gasteiger partial charge on any atom is 0.243 e. The Hall–Kier alpha value is -1.11. The largest absolute Gasteiger partial charge is 0.399 e. The summed E-state index contributed by atoms with van der Waals surface area (Å²) in [6.45, 7) is 2.30. The highest BCUT2D eigenvalue weighted by molar-refractivity contribution is 7.89. The van der Waals surface area contributed by atoms with Crippen molar-refractivity contribution in [3.05, 3.63) is 23.8 Å². The zero-order valence-electron chi connectivity index (χ0n) is 11.7. The van der Waals surface area contributed by atoms with Crippen LogP contribution in [0.4, 0.5) is 5.69 Å². The van der Waals surface area contributed by atoms with Gasteiger partial charge < -0.3 is 10.8 Å². The van der Waals surface area contributed by atoms with Crippen LogP contribution in [0.2, 0.25) is 0 Å². The third-order valence-corrected chi connectivity index (χ3v) is 5.93. The minimum atomic E-state index is -3.54. The van der Waals surface area contributed by atoms with E-state index < -0.39 is 10.0 Å². The van der Waals surface area contributed by atoms with Gasteiger partial charge in [-0.15, -0.1) is 0 Å². The van der Waals surface area contributed by atoms with Gasteiger partial charge in [-0.1, -0.05) is 12.5 Å². The Morgan fingerprint density at radius 1 is 1.40 bits per heavy atom. The number of anilines is 1. The molecule has 3 N–H and O–H groups in total. The van der Waals surface area contributed by atoms with Crippen molar-refractivity contribution in [2.45, 2.75) is 43.5 Å². The quantitative estimate of drug-likeness (QED) is 0.825. The van der Waals surface area contributed by atoms with Gasteiger partial charge in [0.25, 0.3) is 0 Å². The maximum absolute atomic E-state index is 12.8. The Morgan fingerprint density at radius 2 is 2.15 bits per heavy atom. The van der Waals surface area contributed by atoms with E-state index in [1.54, 1.807) is 19.1 Å². The lowest BCUT2D eigenvalue weighted by atomic mass is 10.0. The van der Waals surface area contributed by atoms with E-state index in [-0.39, 0.29) is 17.5 Å². The predicted molar refractivity (Wildman–Crippen MR) is 78.8 cm³/mol. The van der Waals surface area contributed by atoms with Gasteiger partial charge in [-0.2, -0.15) is 4.31 Å². The Labute approximate surface area is 120 Å². The van der Waals surface area contributed by atoms with Crippen LogP contribution in [0.25, 0.3) is 0 Å². The van der Waals surface area contributed by atoms with Gasteiger partial charge in [-0.25, -0.2) is 8.42 Å². The summed E-state index contributed by atoms with van der Waals surface area (Å²) < 4.78 is 27.2. The molecule has 0 saturated carbocycles. The molecule has 0 amide bonds. The van der Waals surface area contributed by atoms with E-state index in [0.29, 0.717) is 24.2 Å². The third kappa shape index (κ3) is 2.97. The second-order valence-corrected chi connectivity index (χ2v) is 7.16. The summed E-state index contributed by atoms with van der Waals surface area (Å²) >= 11 is 0. The van der Waals surface area contributed by atoms with Gasteiger partial charge in [-0.3, -0.25) is 0 Å². The van der Waals surface area contributed by atoms with Crippen molar-refractivity contribution in [1.82, 2.24) is 4.31 Å². The SMILES string of the molecule is Cc1ccc(N)cc1S(=O)(=O)N1CCCCC1CCO. The van der Waals surface area contributed by atoms with Gasteiger partial charge in [0.15, 0.2) is 0 Å². The lowest BCUT2D eigenvalue weighted by Gasteiger charge is -2.34. The minimum Gasteiger partial charge on any atom is -0.399 e. The van der Waals surface area contributed by atoms with Crippen molar-refractivity contribution in [2.24, 2.45) is 0 Å². The van der Waals surface area contributed by atoms with Crippen LogP contribution >= 0.6 is 0 Å². The smallest absolute Gasteiger partial charge is 0.243 e. The highest BCUT2D eigenvalue weighted by Crippen LogP contribution is 2.29. The molecule has 1 aromatic rings. The number of aryl methyl sites for hydroxylation is 1. The number of nitrogens with zero attached hydrogens (tertiary/aromatic N) is 1. The molecule has 1 fully saturated rings. The average Bonchev–Trinajstić information content (AvgIpc) is 2.42. The first-order valence-electron chi connectivity index (χ1n) is 6.95. The highest BCUT2D eigenvalue weighted by atomic mass is 32.2. The molecule has 1 aliphatic heterocycles. The molecule has 5 nitrogen and oxygen atoms in total. The summed E-state index contributed by atoms with van der Waals surface area (Å²) in [5.74, 6) is 0. The topological polar surface area (TPSA) is 83.6 Å². The summed E-state index contributed by atoms with van der Waals surface area (Å²) in [6, 6.07) is 4.85. The Kier molecular flexibility index (Phi) is 4.67. The van der Waals surface area contributed by atoms with Gasteiger partial charge in [-0.05, 0) is 43.9 Å². The minimum absolute atomic E-state index is 0.00655. The number of nitrogens with two attached hydrogens (primary N) is 1. The van der Waals surface area contributed by atoms with Crippen molar-refractivity contribution >= 4 is 15.7 Å². The van der Waals surface area contributed by atoms with Gasteiger partial charge in [0.2, 0.25) is 10.0 Å². The number of rotatable bonds is 4. The fourth-order valence-corrected chi connectivity index (χ4v) is 4.73. The molecule has 112 valence electrons. The molecule has 20 heavy (non-hydrogen) atoms. The molecule has 1 heterocycles. The molecule has 0 aliphatic carbocycles. The van der Waals surface area contributed by atoms with Crippen LogP contribution in [0.5, 0.6) is 0 Å². The maximum atomic E-state index is 12.8. The lowest BCUT2D eigenvalue weighted by Crippen LogP contribution is -2.44. The Bertz CT molecular complexity index is 570. The number of hydrogen-bond donors (Lipinski definition) is 2. The van der Waals surface area contributed by atoms with Gasteiger partial charge >= 0.3 is 0 Å². The van der Waals surface area contributed by atoms with Crippen molar-refractivity contribution in [2.75, 3.05) is 18.9 Å². The van der Waals surface area contributed by atoms with Crippen LogP contribution in [0.15, 0.2) is 23.1 Å². The van der Waals surface area contributed by atoms with Crippen LogP contribution in [-0.4, -0.2) is 37.0 Å². The van der Waals surface area contributed by atoms with E-state index in [0.717, 1.165) is 19.3 Å². The molecule has 2 rings (SSSR count). The number of nitrogen functional groups attached to an aromatic ring is 1. The second kappa shape index (κ2) is 6.11. The van der Waals surface area contributed by atoms with Crippen molar-refractivity contribution < 1.29 is 13.5 Å². The molecule has 1 unspecified atom stereocenters. The summed E-state index contributed by atoms with van der Waals surface area (Å²) in [5, 5.41) is 9.13. The highest BCUT2D eigenvalue weighted by Gasteiger charge is 2.33. The van der Waals surface area contributed by atoms with E-state index in [4.69, 9.17) is 10.8 Å². The monoisotopic (exact) mass is 298 g/mol. The fraction of sp³-hybridized carbons (Fsp3) is 0.571. The standard InChI is InChI=1S/C14H22N2O3S/c1-11-5-6-12(15)10-14(11)20(18,19)16-8-3-2-4-13(16)7-9-17/h5-6,10,13,17H,2-4,7-9,15H2,1H3. The average molecular weight is 298 g/mol. The summed E-state index contributed by atoms with van der Waals surface area (Å²) in [4.78, 5) is 0.280. The molecule has 0 aromatic heterocycles. The van der Waals surface area contributed by atoms with Gasteiger partial charge in [0.1, 0.15) is 0 Å². The summed E-state index contributed by atoms with van der Waals surface area (Å²) in [6.07, 6.45) is 3.16. The van der Waals surface area contributed by atoms with E-state index in [9.17, 15) is 8.42 Å². The number of benzene rings is 1. The van der Waals surface area contributed by atoms with E-state index in [1.165, 1.54) is 10.4 Å². The van der Waals surface area contributed by atoms with Gasteiger partial charge in [0, 0.05) is 24.9 Å². The molecule has 6 heteroatoms. The normalized spacial score (nSPS) is 21.0. The van der Waals surface area contributed by atoms with Crippen molar-refractivity contribution in [3.8, 4) is 0 Å². The lowest BCUT2D eigenvalue weighted by molar-refractivity contribution is 0.192. The van der Waals surface area contributed by atoms with E-state index >= 15 is 0 Å². The summed E-state index contributed by atoms with van der Waals surface area (Å²) in [7, 11) is -3.54. The van der Waals surface area contributed by atoms with Crippen LogP contribution in [0.1, 0.15) is 31.2 Å². The predicted octanol–water partition coefficient (Wildman–Crippen LogP) is 1.50. The number of hydrogen-bond acceptors (Lipinski definition) is 4. The molecular formula is C14H22N2O3S. The van der Waals surface area contributed by atoms with Crippen LogP contribution < -0.4 is 5.73 Å². The Balaban J connectivity index is 2.39. The van der Waals surface area contributed by atoms with Crippen LogP contribution in [-0.2, 0) is 10.0 Å². The number of aliphatic hydroxyl groups excluding tert-OH is 1. The first kappa shape index (κ1) is 15.3. The zero-order valence-corrected chi connectivity index (χ0v) is 12.6. The molecule has 0 bridgehead atoms. The third-order valence-electron chi connectivity index (χ3n) is 3.83. The number of piperidine rings is 1. The van der Waals surface area contributed by atoms with Crippen molar-refractivity contribution in [3.63, 3.8) is 0 Å².